The third-order valence-electron chi connectivity index (χ3n) is 5.22. The summed E-state index contributed by atoms with van der Waals surface area (Å²) in [7, 11) is 0. The first-order valence-corrected chi connectivity index (χ1v) is 8.76. The van der Waals surface area contributed by atoms with E-state index in [0.717, 1.165) is 12.0 Å². The van der Waals surface area contributed by atoms with Crippen LogP contribution in [0, 0.1) is 5.41 Å². The van der Waals surface area contributed by atoms with E-state index in [9.17, 15) is 4.79 Å². The normalized spacial score (nSPS) is 27.0. The number of carbonyl (C=O) groups is 1. The highest BCUT2D eigenvalue weighted by molar-refractivity contribution is 5.87. The molecule has 0 aromatic heterocycles. The standard InChI is InChI=1S/C23H26O2/c1-16(2)21(24)25-20-19-12-14-23(5,18-9-7-6-8-10-18)13-11-17(19)15-22(20,3)4/h6-14,20H,1,15H2,2-5H3. The molecule has 0 bridgehead atoms. The lowest BCUT2D eigenvalue weighted by Gasteiger charge is -2.29. The minimum atomic E-state index is -0.320. The summed E-state index contributed by atoms with van der Waals surface area (Å²) in [6, 6.07) is 10.5. The Kier molecular flexibility index (Phi) is 4.32. The van der Waals surface area contributed by atoms with Gasteiger partial charge in [0.25, 0.3) is 0 Å². The minimum Gasteiger partial charge on any atom is -0.454 e. The van der Waals surface area contributed by atoms with Gasteiger partial charge >= 0.3 is 5.97 Å². The van der Waals surface area contributed by atoms with Crippen LogP contribution in [0.15, 0.2) is 77.9 Å². The van der Waals surface area contributed by atoms with Gasteiger partial charge in [-0.15, -0.1) is 0 Å². The molecule has 0 heterocycles. The number of carbonyl (C=O) groups excluding carboxylic acids is 1. The molecule has 2 aliphatic rings. The Morgan fingerprint density at radius 2 is 1.76 bits per heavy atom. The first-order valence-electron chi connectivity index (χ1n) is 8.76. The Balaban J connectivity index is 1.95. The first-order chi connectivity index (χ1) is 11.7. The summed E-state index contributed by atoms with van der Waals surface area (Å²) >= 11 is 0. The monoisotopic (exact) mass is 334 g/mol. The van der Waals surface area contributed by atoms with E-state index in [1.54, 1.807) is 6.92 Å². The molecule has 0 amide bonds. The molecule has 2 aliphatic carbocycles. The molecular weight excluding hydrogens is 308 g/mol. The first kappa shape index (κ1) is 17.5. The van der Waals surface area contributed by atoms with E-state index in [4.69, 9.17) is 4.74 Å². The highest BCUT2D eigenvalue weighted by Gasteiger charge is 2.43. The van der Waals surface area contributed by atoms with Crippen molar-refractivity contribution >= 4 is 5.97 Å². The largest absolute Gasteiger partial charge is 0.454 e. The second kappa shape index (κ2) is 6.18. The van der Waals surface area contributed by atoms with Crippen molar-refractivity contribution in [3.05, 3.63) is 83.5 Å². The molecule has 2 nitrogen and oxygen atoms in total. The maximum absolute atomic E-state index is 12.1. The topological polar surface area (TPSA) is 26.3 Å². The summed E-state index contributed by atoms with van der Waals surface area (Å²) in [6.07, 6.45) is 9.46. The van der Waals surface area contributed by atoms with Crippen molar-refractivity contribution < 1.29 is 9.53 Å². The SMILES string of the molecule is C=C(C)C(=O)OC1C2=C(C=CC(C)(c3ccccc3)C=C2)CC1(C)C. The Hall–Kier alpha value is -2.35. The maximum Gasteiger partial charge on any atom is 0.333 e. The molecule has 0 spiro atoms. The number of ether oxygens (including phenoxy) is 1. The molecule has 1 aromatic carbocycles. The molecule has 0 saturated carbocycles. The highest BCUT2D eigenvalue weighted by atomic mass is 16.5. The van der Waals surface area contributed by atoms with E-state index in [2.05, 4.69) is 75.9 Å². The quantitative estimate of drug-likeness (QED) is 0.555. The van der Waals surface area contributed by atoms with Crippen LogP contribution in [0.5, 0.6) is 0 Å². The van der Waals surface area contributed by atoms with Gasteiger partial charge in [-0.1, -0.05) is 75.1 Å². The summed E-state index contributed by atoms with van der Waals surface area (Å²) in [6.45, 7) is 11.9. The predicted octanol–water partition coefficient (Wildman–Crippen LogP) is 5.28. The average Bonchev–Trinajstić information content (AvgIpc) is 2.70. The van der Waals surface area contributed by atoms with Gasteiger partial charge in [0.05, 0.1) is 0 Å². The van der Waals surface area contributed by atoms with Crippen molar-refractivity contribution in [2.24, 2.45) is 5.41 Å². The molecule has 0 radical (unpaired) electrons. The van der Waals surface area contributed by atoms with Gasteiger partial charge in [-0.3, -0.25) is 0 Å². The molecule has 0 N–H and O–H groups in total. The highest BCUT2D eigenvalue weighted by Crippen LogP contribution is 2.47. The summed E-state index contributed by atoms with van der Waals surface area (Å²) in [5.74, 6) is -0.320. The molecule has 2 heteroatoms. The molecule has 130 valence electrons. The van der Waals surface area contributed by atoms with Crippen molar-refractivity contribution in [2.75, 3.05) is 0 Å². The van der Waals surface area contributed by atoms with Crippen molar-refractivity contribution in [3.8, 4) is 0 Å². The molecule has 2 atom stereocenters. The smallest absolute Gasteiger partial charge is 0.333 e. The van der Waals surface area contributed by atoms with E-state index < -0.39 is 0 Å². The van der Waals surface area contributed by atoms with Gasteiger partial charge in [-0.05, 0) is 37.0 Å². The van der Waals surface area contributed by atoms with Crippen LogP contribution in [0.3, 0.4) is 0 Å². The molecule has 0 fully saturated rings. The lowest BCUT2D eigenvalue weighted by atomic mass is 9.80. The van der Waals surface area contributed by atoms with Gasteiger partial charge in [0.1, 0.15) is 6.10 Å². The molecular formula is C23H26O2. The van der Waals surface area contributed by atoms with Gasteiger partial charge < -0.3 is 4.74 Å². The second-order valence-corrected chi connectivity index (χ2v) is 8.03. The fourth-order valence-corrected chi connectivity index (χ4v) is 3.64. The Bertz CT molecular complexity index is 793. The fraction of sp³-hybridized carbons (Fsp3) is 0.348. The van der Waals surface area contributed by atoms with Gasteiger partial charge in [0, 0.05) is 16.4 Å². The number of hydrogen-bond donors (Lipinski definition) is 0. The summed E-state index contributed by atoms with van der Waals surface area (Å²) in [4.78, 5) is 12.1. The van der Waals surface area contributed by atoms with Crippen molar-refractivity contribution in [2.45, 2.75) is 45.6 Å². The predicted molar refractivity (Wildman–Crippen MR) is 102 cm³/mol. The Morgan fingerprint density at radius 1 is 1.12 bits per heavy atom. The van der Waals surface area contributed by atoms with Crippen LogP contribution < -0.4 is 0 Å². The van der Waals surface area contributed by atoms with Gasteiger partial charge in [0.15, 0.2) is 0 Å². The molecule has 1 aromatic rings. The van der Waals surface area contributed by atoms with Crippen LogP contribution in [0.1, 0.15) is 39.7 Å². The van der Waals surface area contributed by atoms with Gasteiger partial charge in [-0.25, -0.2) is 4.79 Å². The molecule has 0 aliphatic heterocycles. The maximum atomic E-state index is 12.1. The van der Waals surface area contributed by atoms with E-state index in [-0.39, 0.29) is 22.9 Å². The zero-order valence-electron chi connectivity index (χ0n) is 15.5. The third kappa shape index (κ3) is 3.26. The van der Waals surface area contributed by atoms with Crippen LogP contribution in [-0.4, -0.2) is 12.1 Å². The number of hydrogen-bond acceptors (Lipinski definition) is 2. The lowest BCUT2D eigenvalue weighted by molar-refractivity contribution is -0.146. The van der Waals surface area contributed by atoms with Crippen LogP contribution >= 0.6 is 0 Å². The molecule has 3 rings (SSSR count). The third-order valence-corrected chi connectivity index (χ3v) is 5.22. The zero-order valence-corrected chi connectivity index (χ0v) is 15.5. The zero-order chi connectivity index (χ0) is 18.2. The second-order valence-electron chi connectivity index (χ2n) is 8.03. The molecule has 0 saturated heterocycles. The number of rotatable bonds is 3. The van der Waals surface area contributed by atoms with Crippen molar-refractivity contribution in [1.29, 1.82) is 0 Å². The van der Waals surface area contributed by atoms with Gasteiger partial charge in [0.2, 0.25) is 0 Å². The molecule has 2 unspecified atom stereocenters. The van der Waals surface area contributed by atoms with Gasteiger partial charge in [-0.2, -0.15) is 0 Å². The van der Waals surface area contributed by atoms with E-state index >= 15 is 0 Å². The summed E-state index contributed by atoms with van der Waals surface area (Å²) in [5.41, 5.74) is 3.75. The minimum absolute atomic E-state index is 0.120. The van der Waals surface area contributed by atoms with E-state index in [1.165, 1.54) is 11.1 Å². The fourth-order valence-electron chi connectivity index (χ4n) is 3.64. The average molecular weight is 334 g/mol. The lowest BCUT2D eigenvalue weighted by Crippen LogP contribution is -2.31. The van der Waals surface area contributed by atoms with Crippen LogP contribution in [0.4, 0.5) is 0 Å². The van der Waals surface area contributed by atoms with Crippen molar-refractivity contribution in [1.82, 2.24) is 0 Å². The molecule has 25 heavy (non-hydrogen) atoms. The summed E-state index contributed by atoms with van der Waals surface area (Å²) < 4.78 is 5.81. The Morgan fingerprint density at radius 3 is 2.40 bits per heavy atom. The van der Waals surface area contributed by atoms with Crippen LogP contribution in [0.25, 0.3) is 0 Å². The van der Waals surface area contributed by atoms with E-state index in [0.29, 0.717) is 5.57 Å². The number of allylic oxidation sites excluding steroid dienone is 4. The van der Waals surface area contributed by atoms with Crippen molar-refractivity contribution in [3.63, 3.8) is 0 Å². The summed E-state index contributed by atoms with van der Waals surface area (Å²) in [5, 5.41) is 0. The Labute approximate surface area is 150 Å². The number of benzene rings is 1. The van der Waals surface area contributed by atoms with Crippen LogP contribution in [-0.2, 0) is 14.9 Å². The van der Waals surface area contributed by atoms with Crippen LogP contribution in [0.2, 0.25) is 0 Å². The van der Waals surface area contributed by atoms with E-state index in [1.807, 2.05) is 6.07 Å². The number of esters is 1.